The number of carbonyl (C=O) groups excluding carboxylic acids is 1. The first kappa shape index (κ1) is 22.9. The molecule has 0 N–H and O–H groups in total. The van der Waals surface area contributed by atoms with Crippen molar-refractivity contribution >= 4 is 15.9 Å². The predicted octanol–water partition coefficient (Wildman–Crippen LogP) is 1.73. The zero-order chi connectivity index (χ0) is 22.7. The molecule has 174 valence electrons. The van der Waals surface area contributed by atoms with Crippen LogP contribution in [0.4, 0.5) is 0 Å². The van der Waals surface area contributed by atoms with E-state index < -0.39 is 10.0 Å². The van der Waals surface area contributed by atoms with Gasteiger partial charge in [-0.3, -0.25) is 9.78 Å². The molecule has 9 nitrogen and oxygen atoms in total. The van der Waals surface area contributed by atoms with E-state index in [9.17, 15) is 13.2 Å². The molecule has 2 aromatic rings. The van der Waals surface area contributed by atoms with Gasteiger partial charge in [0.15, 0.2) is 5.03 Å². The van der Waals surface area contributed by atoms with Gasteiger partial charge >= 0.3 is 0 Å². The molecule has 0 bridgehead atoms. The van der Waals surface area contributed by atoms with Gasteiger partial charge in [-0.2, -0.15) is 4.31 Å². The number of carbonyl (C=O) groups is 1. The van der Waals surface area contributed by atoms with Gasteiger partial charge in [0.1, 0.15) is 5.82 Å². The third kappa shape index (κ3) is 5.02. The Labute approximate surface area is 189 Å². The second-order valence-electron chi connectivity index (χ2n) is 8.63. The van der Waals surface area contributed by atoms with Crippen LogP contribution in [0.25, 0.3) is 0 Å². The summed E-state index contributed by atoms with van der Waals surface area (Å²) in [6.45, 7) is 4.18. The normalized spacial score (nSPS) is 20.5. The number of aryl methyl sites for hydroxylation is 2. The Balaban J connectivity index is 1.42. The molecule has 2 aliphatic rings. The summed E-state index contributed by atoms with van der Waals surface area (Å²) in [5.74, 6) is 0.508. The highest BCUT2D eigenvalue weighted by Crippen LogP contribution is 2.26. The number of rotatable bonds is 7. The fraction of sp³-hybridized carbons (Fsp3) is 0.591. The number of amides is 1. The molecule has 0 radical (unpaired) electrons. The number of ether oxygens (including phenoxy) is 1. The van der Waals surface area contributed by atoms with E-state index in [0.717, 1.165) is 25.0 Å². The Bertz CT molecular complexity index is 1010. The molecule has 0 spiro atoms. The zero-order valence-electron chi connectivity index (χ0n) is 18.7. The second kappa shape index (κ2) is 9.68. The minimum absolute atomic E-state index is 0.0588. The first-order chi connectivity index (χ1) is 15.3. The lowest BCUT2D eigenvalue weighted by atomic mass is 9.96. The Morgan fingerprint density at radius 2 is 2.06 bits per heavy atom. The van der Waals surface area contributed by atoms with Crippen LogP contribution in [0, 0.1) is 12.8 Å². The van der Waals surface area contributed by atoms with Crippen LogP contribution in [0.5, 0.6) is 0 Å². The fourth-order valence-electron chi connectivity index (χ4n) is 4.36. The predicted molar refractivity (Wildman–Crippen MR) is 118 cm³/mol. The van der Waals surface area contributed by atoms with Gasteiger partial charge in [-0.1, -0.05) is 6.07 Å². The van der Waals surface area contributed by atoms with Crippen molar-refractivity contribution in [3.05, 3.63) is 42.1 Å². The van der Waals surface area contributed by atoms with E-state index in [0.29, 0.717) is 44.8 Å². The maximum atomic E-state index is 13.4. The summed E-state index contributed by atoms with van der Waals surface area (Å²) in [6, 6.07) is 3.83. The van der Waals surface area contributed by atoms with Crippen LogP contribution in [0.15, 0.2) is 35.7 Å². The number of nitrogens with zero attached hydrogens (tertiary/aromatic N) is 5. The molecule has 0 aliphatic carbocycles. The van der Waals surface area contributed by atoms with Gasteiger partial charge in [-0.15, -0.1) is 0 Å². The summed E-state index contributed by atoms with van der Waals surface area (Å²) in [6.07, 6.45) is 8.06. The molecule has 4 heterocycles. The van der Waals surface area contributed by atoms with Crippen molar-refractivity contribution in [2.75, 3.05) is 26.2 Å². The van der Waals surface area contributed by atoms with E-state index >= 15 is 0 Å². The van der Waals surface area contributed by atoms with Gasteiger partial charge in [0.25, 0.3) is 10.0 Å². The number of hydrogen-bond donors (Lipinski definition) is 0. The standard InChI is InChI=1S/C22H31N5O4S/c1-17-24-21(16-25(17)2)32(29,30)27-10-7-19(8-11-27)22(28)26(15-20-6-4-12-31-20)14-18-5-3-9-23-13-18/h3,5,9,13,16,19-20H,4,6-8,10-12,14-15H2,1-2H3. The highest BCUT2D eigenvalue weighted by Gasteiger charge is 2.35. The molecular formula is C22H31N5O4S. The van der Waals surface area contributed by atoms with Crippen LogP contribution >= 0.6 is 0 Å². The van der Waals surface area contributed by atoms with Gasteiger partial charge < -0.3 is 14.2 Å². The third-order valence-electron chi connectivity index (χ3n) is 6.35. The van der Waals surface area contributed by atoms with E-state index in [2.05, 4.69) is 9.97 Å². The molecule has 1 amide bonds. The van der Waals surface area contributed by atoms with Gasteiger partial charge in [0.2, 0.25) is 5.91 Å². The average Bonchev–Trinajstić information content (AvgIpc) is 3.43. The van der Waals surface area contributed by atoms with Crippen LogP contribution in [-0.4, -0.2) is 70.4 Å². The Morgan fingerprint density at radius 1 is 1.28 bits per heavy atom. The largest absolute Gasteiger partial charge is 0.376 e. The van der Waals surface area contributed by atoms with Gasteiger partial charge in [0, 0.05) is 64.3 Å². The van der Waals surface area contributed by atoms with E-state index in [1.807, 2.05) is 17.0 Å². The molecule has 1 atom stereocenters. The minimum atomic E-state index is -3.65. The highest BCUT2D eigenvalue weighted by atomic mass is 32.2. The second-order valence-corrected chi connectivity index (χ2v) is 10.5. The number of aromatic nitrogens is 3. The summed E-state index contributed by atoms with van der Waals surface area (Å²) in [7, 11) is -1.88. The highest BCUT2D eigenvalue weighted by molar-refractivity contribution is 7.89. The van der Waals surface area contributed by atoms with Crippen molar-refractivity contribution in [2.24, 2.45) is 13.0 Å². The molecule has 0 saturated carbocycles. The summed E-state index contributed by atoms with van der Waals surface area (Å²) < 4.78 is 34.9. The maximum absolute atomic E-state index is 13.4. The summed E-state index contributed by atoms with van der Waals surface area (Å²) in [5, 5.41) is 0.0684. The Kier molecular flexibility index (Phi) is 6.92. The lowest BCUT2D eigenvalue weighted by Crippen LogP contribution is -2.46. The van der Waals surface area contributed by atoms with E-state index in [1.54, 1.807) is 37.1 Å². The zero-order valence-corrected chi connectivity index (χ0v) is 19.5. The van der Waals surface area contributed by atoms with Gasteiger partial charge in [-0.25, -0.2) is 13.4 Å². The molecule has 10 heteroatoms. The fourth-order valence-corrected chi connectivity index (χ4v) is 5.86. The van der Waals surface area contributed by atoms with Crippen LogP contribution in [-0.2, 0) is 33.1 Å². The smallest absolute Gasteiger partial charge is 0.262 e. The summed E-state index contributed by atoms with van der Waals surface area (Å²) >= 11 is 0. The van der Waals surface area contributed by atoms with Crippen molar-refractivity contribution in [2.45, 2.75) is 50.3 Å². The number of hydrogen-bond acceptors (Lipinski definition) is 6. The van der Waals surface area contributed by atoms with Crippen molar-refractivity contribution in [1.82, 2.24) is 23.7 Å². The van der Waals surface area contributed by atoms with Crippen molar-refractivity contribution in [1.29, 1.82) is 0 Å². The SMILES string of the molecule is Cc1nc(S(=O)(=O)N2CCC(C(=O)N(Cc3cccnc3)CC3CCCO3)CC2)cn1C. The van der Waals surface area contributed by atoms with E-state index in [-0.39, 0.29) is 23.0 Å². The van der Waals surface area contributed by atoms with Crippen molar-refractivity contribution in [3.8, 4) is 0 Å². The van der Waals surface area contributed by atoms with Crippen LogP contribution in [0.2, 0.25) is 0 Å². The topological polar surface area (TPSA) is 97.6 Å². The lowest BCUT2D eigenvalue weighted by Gasteiger charge is -2.34. The number of imidazole rings is 1. The summed E-state index contributed by atoms with van der Waals surface area (Å²) in [5.41, 5.74) is 0.976. The van der Waals surface area contributed by atoms with Crippen LogP contribution in [0.1, 0.15) is 37.1 Å². The van der Waals surface area contributed by atoms with Crippen molar-refractivity contribution in [3.63, 3.8) is 0 Å². The van der Waals surface area contributed by atoms with Crippen LogP contribution in [0.3, 0.4) is 0 Å². The Hall–Kier alpha value is -2.30. The number of pyridine rings is 1. The maximum Gasteiger partial charge on any atom is 0.262 e. The molecule has 2 aromatic heterocycles. The third-order valence-corrected chi connectivity index (χ3v) is 8.12. The molecule has 1 unspecified atom stereocenters. The minimum Gasteiger partial charge on any atom is -0.376 e. The monoisotopic (exact) mass is 461 g/mol. The van der Waals surface area contributed by atoms with Crippen molar-refractivity contribution < 1.29 is 17.9 Å². The summed E-state index contributed by atoms with van der Waals surface area (Å²) in [4.78, 5) is 23.6. The first-order valence-electron chi connectivity index (χ1n) is 11.1. The molecule has 2 aliphatic heterocycles. The van der Waals surface area contributed by atoms with Gasteiger partial charge in [0.05, 0.1) is 6.10 Å². The number of sulfonamides is 1. The molecule has 2 fully saturated rings. The Morgan fingerprint density at radius 3 is 2.66 bits per heavy atom. The van der Waals surface area contributed by atoms with E-state index in [1.165, 1.54) is 4.31 Å². The molecule has 4 rings (SSSR count). The van der Waals surface area contributed by atoms with E-state index in [4.69, 9.17) is 4.74 Å². The molecule has 2 saturated heterocycles. The molecule has 32 heavy (non-hydrogen) atoms. The van der Waals surface area contributed by atoms with Crippen LogP contribution < -0.4 is 0 Å². The van der Waals surface area contributed by atoms with Gasteiger partial charge in [-0.05, 0) is 44.2 Å². The lowest BCUT2D eigenvalue weighted by molar-refractivity contribution is -0.139. The quantitative estimate of drug-likeness (QED) is 0.623. The average molecular weight is 462 g/mol. The molecule has 0 aromatic carbocycles. The number of piperidine rings is 1. The first-order valence-corrected chi connectivity index (χ1v) is 12.6. The molecular weight excluding hydrogens is 430 g/mol.